The molecule has 1 amide bonds. The fourth-order valence-electron chi connectivity index (χ4n) is 2.98. The van der Waals surface area contributed by atoms with Crippen molar-refractivity contribution in [3.63, 3.8) is 0 Å². The topological polar surface area (TPSA) is 45.2 Å². The molecule has 1 fully saturated rings. The van der Waals surface area contributed by atoms with Crippen LogP contribution in [0, 0.1) is 6.92 Å². The molecule has 0 saturated carbocycles. The minimum atomic E-state index is 0.172. The van der Waals surface area contributed by atoms with Crippen LogP contribution in [0.25, 0.3) is 0 Å². The molecule has 116 valence electrons. The molecule has 0 bridgehead atoms. The Morgan fingerprint density at radius 2 is 2.27 bits per heavy atom. The summed E-state index contributed by atoms with van der Waals surface area (Å²) in [5.41, 5.74) is 1.26. The van der Waals surface area contributed by atoms with E-state index >= 15 is 0 Å². The number of piperidine rings is 1. The van der Waals surface area contributed by atoms with Crippen molar-refractivity contribution < 1.29 is 4.79 Å². The maximum atomic E-state index is 12.6. The van der Waals surface area contributed by atoms with Gasteiger partial charge in [-0.1, -0.05) is 0 Å². The van der Waals surface area contributed by atoms with Crippen LogP contribution < -0.4 is 5.32 Å². The summed E-state index contributed by atoms with van der Waals surface area (Å²) in [6.45, 7) is 3.69. The molecule has 1 N–H and O–H groups in total. The van der Waals surface area contributed by atoms with Crippen LogP contribution in [0.5, 0.6) is 0 Å². The number of nitrogens with zero attached hydrogens (tertiary/aromatic N) is 2. The Hall–Kier alpha value is -1.88. The Balaban J connectivity index is 1.75. The molecule has 2 aromatic rings. The van der Waals surface area contributed by atoms with Gasteiger partial charge >= 0.3 is 0 Å². The van der Waals surface area contributed by atoms with Gasteiger partial charge in [-0.05, 0) is 49.6 Å². The number of nitrogens with one attached hydrogen (secondary N) is 1. The largest absolute Gasteiger partial charge is 0.373 e. The summed E-state index contributed by atoms with van der Waals surface area (Å²) < 4.78 is 0. The first-order chi connectivity index (χ1) is 10.7. The number of hydrogen-bond acceptors (Lipinski definition) is 4. The van der Waals surface area contributed by atoms with E-state index in [2.05, 4.69) is 22.4 Å². The standard InChI is InChI=1S/C17H21N3OS/c1-12-5-6-15(22-12)17(21)20-9-3-4-14(11-20)13-7-8-19-16(10-13)18-2/h5-8,10,14H,3-4,9,11H2,1-2H3,(H,18,19). The van der Waals surface area contributed by atoms with Crippen molar-refractivity contribution in [1.29, 1.82) is 0 Å². The molecule has 4 nitrogen and oxygen atoms in total. The third-order valence-electron chi connectivity index (χ3n) is 4.17. The number of anilines is 1. The molecule has 0 radical (unpaired) electrons. The van der Waals surface area contributed by atoms with Gasteiger partial charge in [0.15, 0.2) is 0 Å². The van der Waals surface area contributed by atoms with Crippen LogP contribution in [0.3, 0.4) is 0 Å². The zero-order valence-electron chi connectivity index (χ0n) is 13.0. The molecule has 22 heavy (non-hydrogen) atoms. The SMILES string of the molecule is CNc1cc(C2CCCN(C(=O)c3ccc(C)s3)C2)ccn1. The Morgan fingerprint density at radius 1 is 1.41 bits per heavy atom. The fourth-order valence-corrected chi connectivity index (χ4v) is 3.81. The monoisotopic (exact) mass is 315 g/mol. The molecule has 1 aliphatic rings. The van der Waals surface area contributed by atoms with Gasteiger partial charge in [0.1, 0.15) is 5.82 Å². The van der Waals surface area contributed by atoms with E-state index in [0.717, 1.165) is 36.6 Å². The zero-order chi connectivity index (χ0) is 15.5. The van der Waals surface area contributed by atoms with Crippen molar-refractivity contribution in [1.82, 2.24) is 9.88 Å². The van der Waals surface area contributed by atoms with Crippen LogP contribution in [-0.2, 0) is 0 Å². The van der Waals surface area contributed by atoms with Gasteiger partial charge in [-0.25, -0.2) is 4.98 Å². The third kappa shape index (κ3) is 3.14. The number of aryl methyl sites for hydroxylation is 1. The van der Waals surface area contributed by atoms with E-state index in [-0.39, 0.29) is 5.91 Å². The first-order valence-corrected chi connectivity index (χ1v) is 8.48. The van der Waals surface area contributed by atoms with Crippen molar-refractivity contribution in [3.8, 4) is 0 Å². The quantitative estimate of drug-likeness (QED) is 0.942. The number of likely N-dealkylation sites (tertiary alicyclic amines) is 1. The first-order valence-electron chi connectivity index (χ1n) is 7.67. The van der Waals surface area contributed by atoms with Crippen molar-refractivity contribution in [2.24, 2.45) is 0 Å². The lowest BCUT2D eigenvalue weighted by molar-refractivity contribution is 0.0712. The summed E-state index contributed by atoms with van der Waals surface area (Å²) >= 11 is 1.58. The minimum absolute atomic E-state index is 0.172. The second kappa shape index (κ2) is 6.48. The number of thiophene rings is 1. The smallest absolute Gasteiger partial charge is 0.263 e. The Labute approximate surface area is 135 Å². The highest BCUT2D eigenvalue weighted by Gasteiger charge is 2.26. The van der Waals surface area contributed by atoms with Crippen molar-refractivity contribution in [2.75, 3.05) is 25.5 Å². The van der Waals surface area contributed by atoms with E-state index in [9.17, 15) is 4.79 Å². The summed E-state index contributed by atoms with van der Waals surface area (Å²) in [5, 5.41) is 3.08. The molecule has 3 rings (SSSR count). The van der Waals surface area contributed by atoms with Crippen molar-refractivity contribution in [3.05, 3.63) is 45.8 Å². The van der Waals surface area contributed by atoms with Crippen molar-refractivity contribution in [2.45, 2.75) is 25.7 Å². The van der Waals surface area contributed by atoms with E-state index < -0.39 is 0 Å². The Kier molecular flexibility index (Phi) is 4.43. The van der Waals surface area contributed by atoms with E-state index in [1.54, 1.807) is 11.3 Å². The van der Waals surface area contributed by atoms with Gasteiger partial charge in [0.2, 0.25) is 0 Å². The Bertz CT molecular complexity index is 667. The second-order valence-electron chi connectivity index (χ2n) is 5.73. The van der Waals surface area contributed by atoms with E-state index in [1.165, 1.54) is 10.4 Å². The maximum Gasteiger partial charge on any atom is 0.263 e. The predicted octanol–water partition coefficient (Wildman–Crippen LogP) is 3.51. The van der Waals surface area contributed by atoms with Crippen LogP contribution >= 0.6 is 11.3 Å². The van der Waals surface area contributed by atoms with Crippen molar-refractivity contribution >= 4 is 23.1 Å². The molecular weight excluding hydrogens is 294 g/mol. The molecule has 1 atom stereocenters. The second-order valence-corrected chi connectivity index (χ2v) is 7.01. The molecule has 3 heterocycles. The molecule has 0 aromatic carbocycles. The van der Waals surface area contributed by atoms with Gasteiger partial charge in [0, 0.05) is 37.1 Å². The lowest BCUT2D eigenvalue weighted by Crippen LogP contribution is -2.38. The molecule has 1 aliphatic heterocycles. The average molecular weight is 315 g/mol. The number of amides is 1. The first kappa shape index (κ1) is 15.0. The van der Waals surface area contributed by atoms with E-state index in [1.807, 2.05) is 37.2 Å². The number of aromatic nitrogens is 1. The summed E-state index contributed by atoms with van der Waals surface area (Å²) in [5.74, 6) is 1.45. The molecule has 5 heteroatoms. The summed E-state index contributed by atoms with van der Waals surface area (Å²) in [6.07, 6.45) is 4.02. The summed E-state index contributed by atoms with van der Waals surface area (Å²) in [7, 11) is 1.88. The number of hydrogen-bond donors (Lipinski definition) is 1. The van der Waals surface area contributed by atoms with Gasteiger partial charge in [0.25, 0.3) is 5.91 Å². The van der Waals surface area contributed by atoms with E-state index in [0.29, 0.717) is 5.92 Å². The number of carbonyl (C=O) groups excluding carboxylic acids is 1. The molecule has 2 aromatic heterocycles. The molecular formula is C17H21N3OS. The van der Waals surface area contributed by atoms with E-state index in [4.69, 9.17) is 0 Å². The predicted molar refractivity (Wildman–Crippen MR) is 90.7 cm³/mol. The number of pyridine rings is 1. The van der Waals surface area contributed by atoms with Crippen LogP contribution in [0.15, 0.2) is 30.5 Å². The van der Waals surface area contributed by atoms with Crippen LogP contribution in [0.4, 0.5) is 5.82 Å². The van der Waals surface area contributed by atoms with Crippen LogP contribution in [-0.4, -0.2) is 35.9 Å². The van der Waals surface area contributed by atoms with Crippen LogP contribution in [0.2, 0.25) is 0 Å². The highest BCUT2D eigenvalue weighted by atomic mass is 32.1. The summed E-state index contributed by atoms with van der Waals surface area (Å²) in [4.78, 5) is 20.9. The molecule has 1 saturated heterocycles. The number of rotatable bonds is 3. The summed E-state index contributed by atoms with van der Waals surface area (Å²) in [6, 6.07) is 8.11. The lowest BCUT2D eigenvalue weighted by Gasteiger charge is -2.33. The van der Waals surface area contributed by atoms with Gasteiger partial charge in [-0.2, -0.15) is 0 Å². The highest BCUT2D eigenvalue weighted by molar-refractivity contribution is 7.13. The fraction of sp³-hybridized carbons (Fsp3) is 0.412. The van der Waals surface area contributed by atoms with Crippen LogP contribution in [0.1, 0.15) is 38.9 Å². The number of carbonyl (C=O) groups is 1. The molecule has 0 spiro atoms. The lowest BCUT2D eigenvalue weighted by atomic mass is 9.91. The maximum absolute atomic E-state index is 12.6. The normalized spacial score (nSPS) is 18.3. The third-order valence-corrected chi connectivity index (χ3v) is 5.16. The van der Waals surface area contributed by atoms with Gasteiger partial charge in [-0.15, -0.1) is 11.3 Å². The minimum Gasteiger partial charge on any atom is -0.373 e. The zero-order valence-corrected chi connectivity index (χ0v) is 13.8. The highest BCUT2D eigenvalue weighted by Crippen LogP contribution is 2.29. The average Bonchev–Trinajstić information content (AvgIpc) is 3.01. The molecule has 1 unspecified atom stereocenters. The Morgan fingerprint density at radius 3 is 3.00 bits per heavy atom. The van der Waals surface area contributed by atoms with Gasteiger partial charge in [-0.3, -0.25) is 4.79 Å². The van der Waals surface area contributed by atoms with Gasteiger partial charge in [0.05, 0.1) is 4.88 Å². The van der Waals surface area contributed by atoms with Gasteiger partial charge < -0.3 is 10.2 Å². The molecule has 0 aliphatic carbocycles.